The average molecular weight is 282 g/mol. The van der Waals surface area contributed by atoms with Crippen molar-refractivity contribution in [1.82, 2.24) is 0 Å². The van der Waals surface area contributed by atoms with E-state index in [9.17, 15) is 9.18 Å². The highest BCUT2D eigenvalue weighted by molar-refractivity contribution is 6.74. The van der Waals surface area contributed by atoms with Gasteiger partial charge in [0.2, 0.25) is 0 Å². The van der Waals surface area contributed by atoms with Gasteiger partial charge in [0.05, 0.1) is 0 Å². The zero-order valence-electron chi connectivity index (χ0n) is 12.4. The van der Waals surface area contributed by atoms with E-state index in [0.29, 0.717) is 6.42 Å². The Bertz CT molecular complexity index is 421. The number of carbonyl (C=O) groups excluding carboxylic acids is 1. The fourth-order valence-corrected chi connectivity index (χ4v) is 2.77. The van der Waals surface area contributed by atoms with E-state index in [4.69, 9.17) is 4.43 Å². The Hall–Kier alpha value is -1.00. The molecule has 1 rings (SSSR count). The van der Waals surface area contributed by atoms with E-state index in [1.54, 1.807) is 12.1 Å². The topological polar surface area (TPSA) is 26.3 Å². The summed E-state index contributed by atoms with van der Waals surface area (Å²) in [5, 5.41) is 0.0665. The molecule has 0 amide bonds. The molecule has 1 aromatic rings. The van der Waals surface area contributed by atoms with Crippen molar-refractivity contribution in [3.05, 3.63) is 35.6 Å². The van der Waals surface area contributed by atoms with Crippen LogP contribution < -0.4 is 0 Å². The molecule has 0 saturated carbocycles. The molecule has 1 atom stereocenters. The van der Waals surface area contributed by atoms with E-state index in [1.165, 1.54) is 12.1 Å². The summed E-state index contributed by atoms with van der Waals surface area (Å²) in [5.74, 6) is -0.267. The molecule has 0 radical (unpaired) electrons. The van der Waals surface area contributed by atoms with E-state index in [1.807, 2.05) is 0 Å². The van der Waals surface area contributed by atoms with Gasteiger partial charge in [-0.15, -0.1) is 0 Å². The van der Waals surface area contributed by atoms with Crippen LogP contribution in [0.1, 0.15) is 26.3 Å². The molecule has 0 aliphatic heterocycles. The number of rotatable bonds is 5. The van der Waals surface area contributed by atoms with Crippen LogP contribution in [-0.2, 0) is 15.6 Å². The Balaban J connectivity index is 2.74. The third-order valence-corrected chi connectivity index (χ3v) is 8.26. The molecule has 4 heteroatoms. The van der Waals surface area contributed by atoms with Crippen LogP contribution in [0.25, 0.3) is 0 Å². The molecule has 0 bridgehead atoms. The van der Waals surface area contributed by atoms with Gasteiger partial charge in [-0.05, 0) is 35.8 Å². The molecule has 2 nitrogen and oxygen atoms in total. The largest absolute Gasteiger partial charge is 0.407 e. The third-order valence-electron chi connectivity index (χ3n) is 3.75. The minimum atomic E-state index is -1.96. The van der Waals surface area contributed by atoms with Crippen LogP contribution in [0.15, 0.2) is 24.3 Å². The van der Waals surface area contributed by atoms with Gasteiger partial charge in [-0.3, -0.25) is 0 Å². The number of carbonyl (C=O) groups is 1. The van der Waals surface area contributed by atoms with Crippen LogP contribution in [-0.4, -0.2) is 20.7 Å². The number of hydrogen-bond donors (Lipinski definition) is 0. The molecule has 0 aliphatic carbocycles. The Morgan fingerprint density at radius 3 is 2.21 bits per heavy atom. The van der Waals surface area contributed by atoms with Crippen LogP contribution in [0.5, 0.6) is 0 Å². The molecule has 1 aromatic carbocycles. The van der Waals surface area contributed by atoms with Crippen LogP contribution >= 0.6 is 0 Å². The molecular weight excluding hydrogens is 259 g/mol. The van der Waals surface area contributed by atoms with Crippen LogP contribution in [0.3, 0.4) is 0 Å². The first-order valence-corrected chi connectivity index (χ1v) is 9.44. The molecule has 0 aliphatic rings. The van der Waals surface area contributed by atoms with Crippen LogP contribution in [0.4, 0.5) is 4.39 Å². The van der Waals surface area contributed by atoms with Crippen molar-refractivity contribution >= 4 is 14.6 Å². The van der Waals surface area contributed by atoms with Gasteiger partial charge in [0, 0.05) is 6.42 Å². The summed E-state index contributed by atoms with van der Waals surface area (Å²) in [7, 11) is -1.96. The molecule has 0 N–H and O–H groups in total. The molecule has 0 spiro atoms. The summed E-state index contributed by atoms with van der Waals surface area (Å²) in [6.07, 6.45) is 0.895. The highest BCUT2D eigenvalue weighted by atomic mass is 28.4. The van der Waals surface area contributed by atoms with Crippen LogP contribution in [0, 0.1) is 5.82 Å². The first-order chi connectivity index (χ1) is 8.65. The van der Waals surface area contributed by atoms with E-state index in [-0.39, 0.29) is 10.9 Å². The first kappa shape index (κ1) is 16.1. The predicted molar refractivity (Wildman–Crippen MR) is 78.2 cm³/mol. The summed E-state index contributed by atoms with van der Waals surface area (Å²) in [4.78, 5) is 11.2. The highest BCUT2D eigenvalue weighted by Gasteiger charge is 2.39. The fourth-order valence-electron chi connectivity index (χ4n) is 1.53. The number of hydrogen-bond acceptors (Lipinski definition) is 2. The summed E-state index contributed by atoms with van der Waals surface area (Å²) in [6.45, 7) is 10.7. The van der Waals surface area contributed by atoms with Gasteiger partial charge in [0.15, 0.2) is 8.32 Å². The van der Waals surface area contributed by atoms with Crippen molar-refractivity contribution in [2.45, 2.75) is 51.4 Å². The smallest absolute Gasteiger partial charge is 0.193 e. The Morgan fingerprint density at radius 1 is 1.26 bits per heavy atom. The molecule has 0 saturated heterocycles. The lowest BCUT2D eigenvalue weighted by molar-refractivity contribution is -0.114. The second-order valence-corrected chi connectivity index (χ2v) is 11.1. The van der Waals surface area contributed by atoms with Crippen LogP contribution in [0.2, 0.25) is 18.1 Å². The third kappa shape index (κ3) is 4.55. The average Bonchev–Trinajstić information content (AvgIpc) is 2.29. The summed E-state index contributed by atoms with van der Waals surface area (Å²) in [5.41, 5.74) is 0.914. The first-order valence-electron chi connectivity index (χ1n) is 6.53. The molecule has 0 aromatic heterocycles. The van der Waals surface area contributed by atoms with Gasteiger partial charge < -0.3 is 9.22 Å². The maximum absolute atomic E-state index is 12.8. The van der Waals surface area contributed by atoms with Crippen molar-refractivity contribution in [1.29, 1.82) is 0 Å². The zero-order valence-corrected chi connectivity index (χ0v) is 13.4. The lowest BCUT2D eigenvalue weighted by Crippen LogP contribution is -2.44. The molecule has 1 unspecified atom stereocenters. The van der Waals surface area contributed by atoms with Crippen molar-refractivity contribution < 1.29 is 13.6 Å². The molecule has 0 heterocycles. The Labute approximate surface area is 116 Å². The second-order valence-electron chi connectivity index (χ2n) is 6.38. The standard InChI is InChI=1S/C15H23FO2Si/c1-15(2,3)19(4,5)18-14(11-17)10-12-6-8-13(16)9-7-12/h6-9,11,14H,10H2,1-5H3. The van der Waals surface area contributed by atoms with Gasteiger partial charge in [-0.2, -0.15) is 0 Å². The number of halogens is 1. The van der Waals surface area contributed by atoms with E-state index in [0.717, 1.165) is 11.8 Å². The molecule has 106 valence electrons. The molecule has 19 heavy (non-hydrogen) atoms. The lowest BCUT2D eigenvalue weighted by Gasteiger charge is -2.38. The maximum atomic E-state index is 12.8. The van der Waals surface area contributed by atoms with E-state index < -0.39 is 14.4 Å². The van der Waals surface area contributed by atoms with Crippen molar-refractivity contribution in [2.75, 3.05) is 0 Å². The van der Waals surface area contributed by atoms with E-state index >= 15 is 0 Å². The zero-order chi connectivity index (χ0) is 14.7. The van der Waals surface area contributed by atoms with Crippen molar-refractivity contribution in [2.24, 2.45) is 0 Å². The normalized spacial score (nSPS) is 14.2. The van der Waals surface area contributed by atoms with Gasteiger partial charge in [0.25, 0.3) is 0 Å². The second kappa shape index (κ2) is 5.97. The van der Waals surface area contributed by atoms with Crippen molar-refractivity contribution in [3.63, 3.8) is 0 Å². The Morgan fingerprint density at radius 2 is 1.79 bits per heavy atom. The summed E-state index contributed by atoms with van der Waals surface area (Å²) in [6, 6.07) is 6.20. The monoisotopic (exact) mass is 282 g/mol. The fraction of sp³-hybridized carbons (Fsp3) is 0.533. The van der Waals surface area contributed by atoms with Gasteiger partial charge in [0.1, 0.15) is 18.2 Å². The minimum absolute atomic E-state index is 0.0665. The summed E-state index contributed by atoms with van der Waals surface area (Å²) >= 11 is 0. The lowest BCUT2D eigenvalue weighted by atomic mass is 10.1. The highest BCUT2D eigenvalue weighted by Crippen LogP contribution is 2.37. The molecular formula is C15H23FO2Si. The number of aldehydes is 1. The number of benzene rings is 1. The van der Waals surface area contributed by atoms with Gasteiger partial charge >= 0.3 is 0 Å². The van der Waals surface area contributed by atoms with Crippen molar-refractivity contribution in [3.8, 4) is 0 Å². The Kier molecular flexibility index (Phi) is 5.04. The maximum Gasteiger partial charge on any atom is 0.193 e. The summed E-state index contributed by atoms with van der Waals surface area (Å²) < 4.78 is 18.9. The predicted octanol–water partition coefficient (Wildman–Crippen LogP) is 3.96. The minimum Gasteiger partial charge on any atom is -0.407 e. The quantitative estimate of drug-likeness (QED) is 0.603. The van der Waals surface area contributed by atoms with E-state index in [2.05, 4.69) is 33.9 Å². The SMILES string of the molecule is CC(C)(C)[Si](C)(C)OC(C=O)Cc1ccc(F)cc1. The van der Waals surface area contributed by atoms with Gasteiger partial charge in [-0.25, -0.2) is 4.39 Å². The molecule has 0 fully saturated rings. The van der Waals surface area contributed by atoms with Gasteiger partial charge in [-0.1, -0.05) is 32.9 Å².